The summed E-state index contributed by atoms with van der Waals surface area (Å²) in [5.74, 6) is 0.397. The van der Waals surface area contributed by atoms with Gasteiger partial charge in [-0.2, -0.15) is 0 Å². The van der Waals surface area contributed by atoms with Gasteiger partial charge in [0.1, 0.15) is 5.60 Å². The summed E-state index contributed by atoms with van der Waals surface area (Å²) in [6, 6.07) is 6.95. The van der Waals surface area contributed by atoms with Gasteiger partial charge in [0, 0.05) is 18.6 Å². The molecule has 2 atom stereocenters. The van der Waals surface area contributed by atoms with Gasteiger partial charge < -0.3 is 15.4 Å². The number of amides is 1. The predicted octanol–water partition coefficient (Wildman–Crippen LogP) is 4.50. The largest absolute Gasteiger partial charge is 0.444 e. The normalized spacial score (nSPS) is 14.4. The molecule has 0 aliphatic rings. The molecule has 4 heteroatoms. The first-order valence-corrected chi connectivity index (χ1v) is 8.79. The summed E-state index contributed by atoms with van der Waals surface area (Å²) in [4.78, 5) is 11.9. The van der Waals surface area contributed by atoms with Crippen LogP contribution in [0, 0.1) is 19.8 Å². The van der Waals surface area contributed by atoms with Crippen LogP contribution in [0.2, 0.25) is 0 Å². The molecule has 0 spiro atoms. The van der Waals surface area contributed by atoms with Crippen molar-refractivity contribution < 1.29 is 9.53 Å². The van der Waals surface area contributed by atoms with Gasteiger partial charge in [-0.1, -0.05) is 32.0 Å². The third kappa shape index (κ3) is 6.91. The third-order valence-corrected chi connectivity index (χ3v) is 4.16. The van der Waals surface area contributed by atoms with E-state index in [4.69, 9.17) is 4.74 Å². The first kappa shape index (κ1) is 20.5. The van der Waals surface area contributed by atoms with Crippen LogP contribution in [0.5, 0.6) is 0 Å². The van der Waals surface area contributed by atoms with Gasteiger partial charge in [0.25, 0.3) is 0 Å². The third-order valence-electron chi connectivity index (χ3n) is 4.16. The number of aryl methyl sites for hydroxylation is 2. The van der Waals surface area contributed by atoms with Crippen molar-refractivity contribution in [2.24, 2.45) is 5.92 Å². The summed E-state index contributed by atoms with van der Waals surface area (Å²) in [7, 11) is 0. The monoisotopic (exact) mass is 334 g/mol. The minimum Gasteiger partial charge on any atom is -0.444 e. The maximum atomic E-state index is 11.9. The van der Waals surface area contributed by atoms with Gasteiger partial charge in [0.05, 0.1) is 0 Å². The van der Waals surface area contributed by atoms with E-state index in [2.05, 4.69) is 63.5 Å². The van der Waals surface area contributed by atoms with Gasteiger partial charge in [0.15, 0.2) is 0 Å². The van der Waals surface area contributed by atoms with Gasteiger partial charge in [-0.3, -0.25) is 0 Å². The average Bonchev–Trinajstić information content (AvgIpc) is 2.43. The summed E-state index contributed by atoms with van der Waals surface area (Å²) in [5, 5.41) is 6.50. The second-order valence-electron chi connectivity index (χ2n) is 7.97. The Bertz CT molecular complexity index is 547. The van der Waals surface area contributed by atoms with Crippen LogP contribution < -0.4 is 10.6 Å². The van der Waals surface area contributed by atoms with E-state index >= 15 is 0 Å². The molecule has 1 aromatic rings. The van der Waals surface area contributed by atoms with Crippen molar-refractivity contribution in [3.8, 4) is 0 Å². The summed E-state index contributed by atoms with van der Waals surface area (Å²) in [6.07, 6.45) is -0.367. The molecule has 2 unspecified atom stereocenters. The first-order chi connectivity index (χ1) is 11.0. The Hall–Kier alpha value is -1.55. The summed E-state index contributed by atoms with van der Waals surface area (Å²) in [6.45, 7) is 16.9. The van der Waals surface area contributed by atoms with E-state index in [0.717, 1.165) is 0 Å². The zero-order valence-electron chi connectivity index (χ0n) is 16.5. The van der Waals surface area contributed by atoms with E-state index in [1.54, 1.807) is 0 Å². The van der Waals surface area contributed by atoms with Crippen LogP contribution in [0.4, 0.5) is 4.79 Å². The Balaban J connectivity index is 2.65. The molecule has 0 aliphatic heterocycles. The lowest BCUT2D eigenvalue weighted by Crippen LogP contribution is -2.46. The van der Waals surface area contributed by atoms with E-state index in [9.17, 15) is 4.79 Å². The number of carbonyl (C=O) groups excluding carboxylic acids is 1. The summed E-state index contributed by atoms with van der Waals surface area (Å²) < 4.78 is 5.31. The van der Waals surface area contributed by atoms with Crippen LogP contribution in [-0.4, -0.2) is 24.3 Å². The quantitative estimate of drug-likeness (QED) is 0.805. The van der Waals surface area contributed by atoms with Crippen LogP contribution in [0.3, 0.4) is 0 Å². The van der Waals surface area contributed by atoms with Crippen LogP contribution >= 0.6 is 0 Å². The number of benzene rings is 1. The fraction of sp³-hybridized carbons (Fsp3) is 0.650. The number of alkyl carbamates (subject to hydrolysis) is 1. The highest BCUT2D eigenvalue weighted by Crippen LogP contribution is 2.18. The van der Waals surface area contributed by atoms with Gasteiger partial charge in [0.2, 0.25) is 0 Å². The molecule has 0 heterocycles. The van der Waals surface area contributed by atoms with Crippen molar-refractivity contribution in [1.29, 1.82) is 0 Å². The Morgan fingerprint density at radius 3 is 2.25 bits per heavy atom. The van der Waals surface area contributed by atoms with Gasteiger partial charge >= 0.3 is 6.09 Å². The smallest absolute Gasteiger partial charge is 0.407 e. The second kappa shape index (κ2) is 8.52. The highest BCUT2D eigenvalue weighted by atomic mass is 16.6. The SMILES string of the molecule is Cc1ccc(C(C)NC(CNC(=O)OC(C)(C)C)C(C)C)cc1C. The number of hydrogen-bond donors (Lipinski definition) is 2. The van der Waals surface area contributed by atoms with Crippen LogP contribution in [-0.2, 0) is 4.74 Å². The van der Waals surface area contributed by atoms with Crippen molar-refractivity contribution >= 4 is 6.09 Å². The molecule has 136 valence electrons. The topological polar surface area (TPSA) is 50.4 Å². The Morgan fingerprint density at radius 2 is 1.75 bits per heavy atom. The molecular weight excluding hydrogens is 300 g/mol. The van der Waals surface area contributed by atoms with Crippen molar-refractivity contribution in [2.45, 2.75) is 73.1 Å². The lowest BCUT2D eigenvalue weighted by molar-refractivity contribution is 0.0518. The first-order valence-electron chi connectivity index (χ1n) is 8.79. The molecule has 1 aromatic carbocycles. The van der Waals surface area contributed by atoms with Crippen LogP contribution in [0.15, 0.2) is 18.2 Å². The van der Waals surface area contributed by atoms with E-state index in [1.165, 1.54) is 16.7 Å². The number of nitrogens with one attached hydrogen (secondary N) is 2. The molecule has 1 amide bonds. The van der Waals surface area contributed by atoms with E-state index in [0.29, 0.717) is 12.5 Å². The maximum Gasteiger partial charge on any atom is 0.407 e. The lowest BCUT2D eigenvalue weighted by Gasteiger charge is -2.28. The molecule has 0 saturated heterocycles. The Labute approximate surface area is 147 Å². The lowest BCUT2D eigenvalue weighted by atomic mass is 9.98. The molecular formula is C20H34N2O2. The highest BCUT2D eigenvalue weighted by molar-refractivity contribution is 5.67. The van der Waals surface area contributed by atoms with Crippen molar-refractivity contribution in [3.63, 3.8) is 0 Å². The van der Waals surface area contributed by atoms with Gasteiger partial charge in [-0.25, -0.2) is 4.79 Å². The fourth-order valence-corrected chi connectivity index (χ4v) is 2.45. The number of rotatable bonds is 6. The van der Waals surface area contributed by atoms with Crippen LogP contribution in [0.1, 0.15) is 64.3 Å². The molecule has 0 radical (unpaired) electrons. The van der Waals surface area contributed by atoms with Gasteiger partial charge in [-0.05, 0) is 64.2 Å². The minimum atomic E-state index is -0.475. The van der Waals surface area contributed by atoms with Crippen molar-refractivity contribution in [3.05, 3.63) is 34.9 Å². The fourth-order valence-electron chi connectivity index (χ4n) is 2.45. The number of carbonyl (C=O) groups is 1. The summed E-state index contributed by atoms with van der Waals surface area (Å²) >= 11 is 0. The average molecular weight is 335 g/mol. The zero-order valence-corrected chi connectivity index (χ0v) is 16.5. The van der Waals surface area contributed by atoms with E-state index in [-0.39, 0.29) is 18.2 Å². The standard InChI is InChI=1S/C20H34N2O2/c1-13(2)18(12-21-19(23)24-20(6,7)8)22-16(5)17-10-9-14(3)15(4)11-17/h9-11,13,16,18,22H,12H2,1-8H3,(H,21,23). The maximum absolute atomic E-state index is 11.9. The molecule has 0 aliphatic carbocycles. The number of hydrogen-bond acceptors (Lipinski definition) is 3. The minimum absolute atomic E-state index is 0.175. The molecule has 0 bridgehead atoms. The molecule has 0 fully saturated rings. The molecule has 1 rings (SSSR count). The molecule has 2 N–H and O–H groups in total. The second-order valence-corrected chi connectivity index (χ2v) is 7.97. The van der Waals surface area contributed by atoms with E-state index < -0.39 is 5.60 Å². The van der Waals surface area contributed by atoms with Crippen molar-refractivity contribution in [1.82, 2.24) is 10.6 Å². The molecule has 0 aromatic heterocycles. The number of ether oxygens (including phenoxy) is 1. The van der Waals surface area contributed by atoms with Gasteiger partial charge in [-0.15, -0.1) is 0 Å². The van der Waals surface area contributed by atoms with Crippen LogP contribution in [0.25, 0.3) is 0 Å². The molecule has 0 saturated carbocycles. The zero-order chi connectivity index (χ0) is 18.5. The molecule has 24 heavy (non-hydrogen) atoms. The Morgan fingerprint density at radius 1 is 1.12 bits per heavy atom. The van der Waals surface area contributed by atoms with E-state index in [1.807, 2.05) is 20.8 Å². The predicted molar refractivity (Wildman–Crippen MR) is 100 cm³/mol. The van der Waals surface area contributed by atoms with Crippen molar-refractivity contribution in [2.75, 3.05) is 6.54 Å². The highest BCUT2D eigenvalue weighted by Gasteiger charge is 2.20. The molecule has 4 nitrogen and oxygen atoms in total. The Kier molecular flexibility index (Phi) is 7.27. The summed E-state index contributed by atoms with van der Waals surface area (Å²) in [5.41, 5.74) is 3.39.